The summed E-state index contributed by atoms with van der Waals surface area (Å²) in [6.07, 6.45) is 7.77. The SMILES string of the molecule is C/C=C\C(=C/C)c1ccc2nc(-c3cccnc3N)n(-c3ccc(CN)cc3)c2n1.CC.CC. The Bertz CT molecular complexity index is 1250. The van der Waals surface area contributed by atoms with Crippen molar-refractivity contribution >= 4 is 22.6 Å². The number of anilines is 1. The number of nitrogen functional groups attached to an aromatic ring is 1. The zero-order chi connectivity index (χ0) is 25.1. The summed E-state index contributed by atoms with van der Waals surface area (Å²) in [5.74, 6) is 1.13. The minimum atomic E-state index is 0.427. The molecule has 0 spiro atoms. The number of allylic oxidation sites excluding steroid dienone is 4. The van der Waals surface area contributed by atoms with Crippen LogP contribution in [-0.4, -0.2) is 19.5 Å². The molecule has 0 aliphatic heterocycles. The van der Waals surface area contributed by atoms with Crippen molar-refractivity contribution in [3.8, 4) is 17.1 Å². The Balaban J connectivity index is 0.000000970. The van der Waals surface area contributed by atoms with Gasteiger partial charge in [-0.05, 0) is 61.4 Å². The molecule has 0 atom stereocenters. The first-order valence-electron chi connectivity index (χ1n) is 11.9. The number of fused-ring (bicyclic) bond motifs is 1. The quantitative estimate of drug-likeness (QED) is 0.332. The van der Waals surface area contributed by atoms with E-state index < -0.39 is 0 Å². The number of nitrogens with zero attached hydrogens (tertiary/aromatic N) is 4. The standard InChI is InChI=1S/C24H24N6.2C2H6/c1-3-6-17(4-2)20-12-13-21-24(28-20)30(18-10-8-16(15-25)9-11-18)23(29-21)19-7-5-14-27-22(19)26;2*1-2/h3-14H,15,25H2,1-2H3,(H2,26,27);2*1-2H3/b6-3-,17-4+;;. The van der Waals surface area contributed by atoms with Crippen molar-refractivity contribution in [2.24, 2.45) is 5.73 Å². The van der Waals surface area contributed by atoms with Gasteiger partial charge in [-0.25, -0.2) is 15.0 Å². The number of aromatic nitrogens is 4. The molecule has 0 unspecified atom stereocenters. The molecule has 0 aliphatic rings. The molecular formula is C28H36N6. The fourth-order valence-electron chi connectivity index (χ4n) is 3.44. The molecule has 0 fully saturated rings. The maximum atomic E-state index is 6.19. The maximum Gasteiger partial charge on any atom is 0.165 e. The molecule has 0 amide bonds. The van der Waals surface area contributed by atoms with E-state index in [9.17, 15) is 0 Å². The van der Waals surface area contributed by atoms with Crippen LogP contribution in [0, 0.1) is 0 Å². The van der Waals surface area contributed by atoms with Gasteiger partial charge >= 0.3 is 0 Å². The lowest BCUT2D eigenvalue weighted by Gasteiger charge is -2.11. The molecule has 34 heavy (non-hydrogen) atoms. The molecule has 4 aromatic rings. The zero-order valence-corrected chi connectivity index (χ0v) is 21.1. The minimum absolute atomic E-state index is 0.427. The molecule has 4 N–H and O–H groups in total. The van der Waals surface area contributed by atoms with Crippen molar-refractivity contribution < 1.29 is 0 Å². The number of hydrogen-bond acceptors (Lipinski definition) is 5. The van der Waals surface area contributed by atoms with Crippen LogP contribution >= 0.6 is 0 Å². The normalized spacial score (nSPS) is 11.1. The summed E-state index contributed by atoms with van der Waals surface area (Å²) in [4.78, 5) is 14.0. The van der Waals surface area contributed by atoms with E-state index in [4.69, 9.17) is 21.4 Å². The average Bonchev–Trinajstić information content (AvgIpc) is 3.28. The van der Waals surface area contributed by atoms with E-state index in [0.29, 0.717) is 18.2 Å². The van der Waals surface area contributed by atoms with Gasteiger partial charge in [-0.3, -0.25) is 4.57 Å². The summed E-state index contributed by atoms with van der Waals surface area (Å²) in [5.41, 5.74) is 18.2. The van der Waals surface area contributed by atoms with Gasteiger partial charge in [0.2, 0.25) is 0 Å². The van der Waals surface area contributed by atoms with Crippen LogP contribution in [0.5, 0.6) is 0 Å². The largest absolute Gasteiger partial charge is 0.383 e. The van der Waals surface area contributed by atoms with Gasteiger partial charge in [0.15, 0.2) is 11.5 Å². The molecule has 0 saturated heterocycles. The Labute approximate surface area is 203 Å². The third-order valence-electron chi connectivity index (χ3n) is 4.97. The van der Waals surface area contributed by atoms with Gasteiger partial charge < -0.3 is 11.5 Å². The second-order valence-electron chi connectivity index (χ2n) is 6.86. The monoisotopic (exact) mass is 456 g/mol. The Morgan fingerprint density at radius 1 is 0.941 bits per heavy atom. The summed E-state index contributed by atoms with van der Waals surface area (Å²) in [7, 11) is 0. The highest BCUT2D eigenvalue weighted by molar-refractivity contribution is 5.85. The molecule has 6 heteroatoms. The van der Waals surface area contributed by atoms with Gasteiger partial charge in [0, 0.05) is 18.4 Å². The number of nitrogens with two attached hydrogens (primary N) is 2. The Hall–Kier alpha value is -3.77. The number of rotatable bonds is 5. The van der Waals surface area contributed by atoms with Crippen LogP contribution in [0.15, 0.2) is 73.0 Å². The van der Waals surface area contributed by atoms with E-state index in [-0.39, 0.29) is 0 Å². The average molecular weight is 457 g/mol. The van der Waals surface area contributed by atoms with Crippen LogP contribution < -0.4 is 11.5 Å². The molecule has 3 aromatic heterocycles. The van der Waals surface area contributed by atoms with Crippen molar-refractivity contribution in [2.45, 2.75) is 48.1 Å². The lowest BCUT2D eigenvalue weighted by atomic mass is 10.1. The molecule has 6 nitrogen and oxygen atoms in total. The van der Waals surface area contributed by atoms with Gasteiger partial charge in [-0.15, -0.1) is 0 Å². The van der Waals surface area contributed by atoms with Crippen molar-refractivity contribution in [3.05, 3.63) is 84.2 Å². The van der Waals surface area contributed by atoms with E-state index in [2.05, 4.69) is 4.98 Å². The highest BCUT2D eigenvalue weighted by Gasteiger charge is 2.18. The predicted octanol–water partition coefficient (Wildman–Crippen LogP) is 6.56. The fourth-order valence-corrected chi connectivity index (χ4v) is 3.44. The lowest BCUT2D eigenvalue weighted by Crippen LogP contribution is -2.03. The second kappa shape index (κ2) is 13.1. The van der Waals surface area contributed by atoms with E-state index in [1.165, 1.54) is 0 Å². The van der Waals surface area contributed by atoms with Crippen molar-refractivity contribution in [1.82, 2.24) is 19.5 Å². The van der Waals surface area contributed by atoms with Crippen LogP contribution in [0.3, 0.4) is 0 Å². The van der Waals surface area contributed by atoms with Crippen molar-refractivity contribution in [3.63, 3.8) is 0 Å². The number of pyridine rings is 2. The third-order valence-corrected chi connectivity index (χ3v) is 4.97. The zero-order valence-electron chi connectivity index (χ0n) is 21.1. The molecular weight excluding hydrogens is 420 g/mol. The first-order chi connectivity index (χ1) is 16.7. The van der Waals surface area contributed by atoms with Gasteiger partial charge in [-0.2, -0.15) is 0 Å². The van der Waals surface area contributed by atoms with Gasteiger partial charge in [0.1, 0.15) is 11.3 Å². The number of imidazole rings is 1. The molecule has 3 heterocycles. The first kappa shape index (κ1) is 26.5. The molecule has 0 radical (unpaired) electrons. The second-order valence-corrected chi connectivity index (χ2v) is 6.86. The van der Waals surface area contributed by atoms with Gasteiger partial charge in [-0.1, -0.05) is 58.1 Å². The Morgan fingerprint density at radius 3 is 2.24 bits per heavy atom. The van der Waals surface area contributed by atoms with E-state index in [1.54, 1.807) is 6.20 Å². The van der Waals surface area contributed by atoms with Crippen LogP contribution in [-0.2, 0) is 6.54 Å². The Morgan fingerprint density at radius 2 is 1.65 bits per heavy atom. The fraction of sp³-hybridized carbons (Fsp3) is 0.250. The highest BCUT2D eigenvalue weighted by atomic mass is 15.1. The van der Waals surface area contributed by atoms with Crippen molar-refractivity contribution in [1.29, 1.82) is 0 Å². The minimum Gasteiger partial charge on any atom is -0.383 e. The van der Waals surface area contributed by atoms with Crippen LogP contribution in [0.25, 0.3) is 33.8 Å². The van der Waals surface area contributed by atoms with E-state index >= 15 is 0 Å². The molecule has 0 aliphatic carbocycles. The first-order valence-corrected chi connectivity index (χ1v) is 11.9. The summed E-state index contributed by atoms with van der Waals surface area (Å²) in [6.45, 7) is 12.5. The Kier molecular flexibility index (Phi) is 10.2. The van der Waals surface area contributed by atoms with Crippen LogP contribution in [0.1, 0.15) is 52.8 Å². The third kappa shape index (κ3) is 5.58. The lowest BCUT2D eigenvalue weighted by molar-refractivity contribution is 1.04. The molecule has 0 saturated carbocycles. The molecule has 178 valence electrons. The molecule has 4 rings (SSSR count). The topological polar surface area (TPSA) is 95.6 Å². The highest BCUT2D eigenvalue weighted by Crippen LogP contribution is 2.31. The number of benzene rings is 1. The summed E-state index contributed by atoms with van der Waals surface area (Å²) in [5, 5.41) is 0. The summed E-state index contributed by atoms with van der Waals surface area (Å²) >= 11 is 0. The van der Waals surface area contributed by atoms with Crippen LogP contribution in [0.2, 0.25) is 0 Å². The smallest absolute Gasteiger partial charge is 0.165 e. The van der Waals surface area contributed by atoms with Crippen molar-refractivity contribution in [2.75, 3.05) is 5.73 Å². The maximum absolute atomic E-state index is 6.19. The molecule has 0 bridgehead atoms. The van der Waals surface area contributed by atoms with Gasteiger partial charge in [0.25, 0.3) is 0 Å². The van der Waals surface area contributed by atoms with Crippen LogP contribution in [0.4, 0.5) is 5.82 Å². The molecule has 1 aromatic carbocycles. The summed E-state index contributed by atoms with van der Waals surface area (Å²) in [6, 6.07) is 15.8. The predicted molar refractivity (Wildman–Crippen MR) is 146 cm³/mol. The summed E-state index contributed by atoms with van der Waals surface area (Å²) < 4.78 is 2.02. The van der Waals surface area contributed by atoms with E-state index in [1.807, 2.05) is 113 Å². The van der Waals surface area contributed by atoms with Gasteiger partial charge in [0.05, 0.1) is 11.3 Å². The number of hydrogen-bond donors (Lipinski definition) is 2. The van der Waals surface area contributed by atoms with E-state index in [0.717, 1.165) is 39.2 Å².